The van der Waals surface area contributed by atoms with E-state index in [-0.39, 0.29) is 17.9 Å². The minimum Gasteiger partial charge on any atom is -0.481 e. The van der Waals surface area contributed by atoms with Gasteiger partial charge < -0.3 is 5.11 Å². The number of aromatic nitrogens is 5. The summed E-state index contributed by atoms with van der Waals surface area (Å²) in [5.74, 6) is -0.338. The molecule has 0 aliphatic heterocycles. The number of thiazole rings is 1. The largest absolute Gasteiger partial charge is 0.481 e. The summed E-state index contributed by atoms with van der Waals surface area (Å²) < 4.78 is 1.59. The Bertz CT molecular complexity index is 629. The molecule has 0 aromatic carbocycles. The van der Waals surface area contributed by atoms with Crippen LogP contribution in [0.3, 0.4) is 0 Å². The molecule has 0 saturated heterocycles. The van der Waals surface area contributed by atoms with Gasteiger partial charge in [-0.1, -0.05) is 20.8 Å². The Hall–Kier alpha value is -1.83. The number of aryl methyl sites for hydroxylation is 1. The molecule has 0 aliphatic carbocycles. The number of rotatable bonds is 5. The van der Waals surface area contributed by atoms with Crippen LogP contribution < -0.4 is 0 Å². The van der Waals surface area contributed by atoms with Gasteiger partial charge in [0.2, 0.25) is 5.82 Å². The number of hydrogen-bond acceptors (Lipinski definition) is 6. The highest BCUT2D eigenvalue weighted by Crippen LogP contribution is 2.31. The van der Waals surface area contributed by atoms with Crippen LogP contribution in [0.1, 0.15) is 44.7 Å². The third-order valence-corrected chi connectivity index (χ3v) is 3.72. The maximum absolute atomic E-state index is 11.1. The van der Waals surface area contributed by atoms with E-state index in [1.54, 1.807) is 4.68 Å². The molecular formula is C13H19N5O2S. The molecule has 2 rings (SSSR count). The first-order valence-corrected chi connectivity index (χ1v) is 7.56. The highest BCUT2D eigenvalue weighted by Gasteiger charge is 2.27. The number of hydrogen-bond donors (Lipinski definition) is 1. The Morgan fingerprint density at radius 2 is 2.19 bits per heavy atom. The third-order valence-electron chi connectivity index (χ3n) is 2.95. The lowest BCUT2D eigenvalue weighted by Crippen LogP contribution is -2.22. The Labute approximate surface area is 127 Å². The summed E-state index contributed by atoms with van der Waals surface area (Å²) in [7, 11) is 0. The van der Waals surface area contributed by atoms with Crippen molar-refractivity contribution >= 4 is 17.3 Å². The molecule has 1 atom stereocenters. The van der Waals surface area contributed by atoms with Crippen molar-refractivity contribution in [3.05, 3.63) is 10.4 Å². The van der Waals surface area contributed by atoms with Crippen molar-refractivity contribution in [2.45, 2.75) is 46.6 Å². The highest BCUT2D eigenvalue weighted by atomic mass is 32.1. The van der Waals surface area contributed by atoms with Gasteiger partial charge in [-0.3, -0.25) is 4.79 Å². The van der Waals surface area contributed by atoms with Crippen molar-refractivity contribution in [1.82, 2.24) is 25.2 Å². The molecule has 0 radical (unpaired) electrons. The summed E-state index contributed by atoms with van der Waals surface area (Å²) in [6.07, 6.45) is 0.652. The van der Waals surface area contributed by atoms with E-state index in [0.29, 0.717) is 17.9 Å². The maximum atomic E-state index is 11.1. The van der Waals surface area contributed by atoms with Gasteiger partial charge in [-0.25, -0.2) is 9.67 Å². The molecule has 0 aliphatic rings. The standard InChI is InChI=1S/C13H19N5O2S/c1-8-14-10(7-21-8)12-15-16-17-18(12)9(5-11(19)20)6-13(2,3)4/h7,9H,5-6H2,1-4H3,(H,19,20). The van der Waals surface area contributed by atoms with Gasteiger partial charge in [-0.2, -0.15) is 0 Å². The van der Waals surface area contributed by atoms with Crippen molar-refractivity contribution in [2.75, 3.05) is 0 Å². The van der Waals surface area contributed by atoms with E-state index >= 15 is 0 Å². The van der Waals surface area contributed by atoms with Crippen LogP contribution in [0, 0.1) is 12.3 Å². The van der Waals surface area contributed by atoms with Gasteiger partial charge in [-0.15, -0.1) is 16.4 Å². The van der Waals surface area contributed by atoms with Crippen molar-refractivity contribution in [3.8, 4) is 11.5 Å². The van der Waals surface area contributed by atoms with E-state index in [0.717, 1.165) is 5.01 Å². The van der Waals surface area contributed by atoms with Gasteiger partial charge in [0.1, 0.15) is 5.69 Å². The van der Waals surface area contributed by atoms with E-state index < -0.39 is 5.97 Å². The molecule has 7 nitrogen and oxygen atoms in total. The zero-order valence-electron chi connectivity index (χ0n) is 12.6. The van der Waals surface area contributed by atoms with Gasteiger partial charge in [0.25, 0.3) is 0 Å². The first kappa shape index (κ1) is 15.6. The molecule has 8 heteroatoms. The average Bonchev–Trinajstić information content (AvgIpc) is 2.93. The lowest BCUT2D eigenvalue weighted by molar-refractivity contribution is -0.138. The van der Waals surface area contributed by atoms with Gasteiger partial charge in [-0.05, 0) is 29.2 Å². The SMILES string of the molecule is Cc1nc(-c2nnnn2C(CC(=O)O)CC(C)(C)C)cs1. The fourth-order valence-corrected chi connectivity index (χ4v) is 2.82. The second kappa shape index (κ2) is 5.88. The van der Waals surface area contributed by atoms with Gasteiger partial charge in [0.05, 0.1) is 17.5 Å². The predicted octanol–water partition coefficient (Wildman–Crippen LogP) is 2.56. The van der Waals surface area contributed by atoms with Crippen LogP contribution in [0.5, 0.6) is 0 Å². The van der Waals surface area contributed by atoms with Gasteiger partial charge in [0, 0.05) is 5.38 Å². The molecule has 0 fully saturated rings. The first-order valence-electron chi connectivity index (χ1n) is 6.68. The predicted molar refractivity (Wildman–Crippen MR) is 79.0 cm³/mol. The molecule has 1 N–H and O–H groups in total. The lowest BCUT2D eigenvalue weighted by Gasteiger charge is -2.25. The van der Waals surface area contributed by atoms with Crippen molar-refractivity contribution in [1.29, 1.82) is 0 Å². The summed E-state index contributed by atoms with van der Waals surface area (Å²) >= 11 is 1.51. The quantitative estimate of drug-likeness (QED) is 0.912. The van der Waals surface area contributed by atoms with Crippen molar-refractivity contribution in [2.24, 2.45) is 5.41 Å². The van der Waals surface area contributed by atoms with Crippen LogP contribution in [0.15, 0.2) is 5.38 Å². The minimum atomic E-state index is -0.861. The van der Waals surface area contributed by atoms with E-state index in [1.807, 2.05) is 12.3 Å². The second-order valence-electron chi connectivity index (χ2n) is 6.22. The highest BCUT2D eigenvalue weighted by molar-refractivity contribution is 7.09. The molecule has 2 aromatic rings. The Kier molecular flexibility index (Phi) is 4.36. The fraction of sp³-hybridized carbons (Fsp3) is 0.615. The van der Waals surface area contributed by atoms with Crippen LogP contribution in [0.25, 0.3) is 11.5 Å². The molecule has 0 bridgehead atoms. The summed E-state index contributed by atoms with van der Waals surface area (Å²) in [4.78, 5) is 15.5. The van der Waals surface area contributed by atoms with Gasteiger partial charge in [0.15, 0.2) is 0 Å². The number of tetrazole rings is 1. The molecular weight excluding hydrogens is 290 g/mol. The Morgan fingerprint density at radius 3 is 2.71 bits per heavy atom. The molecule has 0 amide bonds. The molecule has 21 heavy (non-hydrogen) atoms. The number of nitrogens with zero attached hydrogens (tertiary/aromatic N) is 5. The first-order chi connectivity index (χ1) is 9.76. The number of carboxylic acids is 1. The minimum absolute atomic E-state index is 0.0154. The molecule has 2 heterocycles. The molecule has 114 valence electrons. The molecule has 2 aromatic heterocycles. The van der Waals surface area contributed by atoms with Crippen LogP contribution in [-0.4, -0.2) is 36.3 Å². The van der Waals surface area contributed by atoms with E-state index in [9.17, 15) is 4.79 Å². The summed E-state index contributed by atoms with van der Waals surface area (Å²) in [5, 5.41) is 23.7. The summed E-state index contributed by atoms with van der Waals surface area (Å²) in [6.45, 7) is 8.11. The van der Waals surface area contributed by atoms with E-state index in [2.05, 4.69) is 41.3 Å². The Balaban J connectivity index is 2.36. The molecule has 0 saturated carbocycles. The number of aliphatic carboxylic acids is 1. The van der Waals surface area contributed by atoms with Crippen LogP contribution >= 0.6 is 11.3 Å². The summed E-state index contributed by atoms with van der Waals surface area (Å²) in [5.41, 5.74) is 0.660. The normalized spacial score (nSPS) is 13.3. The van der Waals surface area contributed by atoms with Gasteiger partial charge >= 0.3 is 5.97 Å². The average molecular weight is 309 g/mol. The number of carboxylic acid groups (broad SMARTS) is 1. The second-order valence-corrected chi connectivity index (χ2v) is 7.28. The zero-order valence-corrected chi connectivity index (χ0v) is 13.4. The lowest BCUT2D eigenvalue weighted by atomic mass is 9.87. The monoisotopic (exact) mass is 309 g/mol. The topological polar surface area (TPSA) is 93.8 Å². The fourth-order valence-electron chi connectivity index (χ4n) is 2.23. The zero-order chi connectivity index (χ0) is 15.6. The molecule has 1 unspecified atom stereocenters. The smallest absolute Gasteiger partial charge is 0.305 e. The maximum Gasteiger partial charge on any atom is 0.305 e. The third kappa shape index (κ3) is 4.07. The Morgan fingerprint density at radius 1 is 1.48 bits per heavy atom. The summed E-state index contributed by atoms with van der Waals surface area (Å²) in [6, 6.07) is -0.297. The molecule has 0 spiro atoms. The van der Waals surface area contributed by atoms with Crippen molar-refractivity contribution in [3.63, 3.8) is 0 Å². The van der Waals surface area contributed by atoms with Crippen LogP contribution in [0.4, 0.5) is 0 Å². The number of carbonyl (C=O) groups is 1. The van der Waals surface area contributed by atoms with E-state index in [4.69, 9.17) is 5.11 Å². The van der Waals surface area contributed by atoms with E-state index in [1.165, 1.54) is 11.3 Å². The van der Waals surface area contributed by atoms with Crippen LogP contribution in [0.2, 0.25) is 0 Å². The van der Waals surface area contributed by atoms with Crippen molar-refractivity contribution < 1.29 is 9.90 Å². The van der Waals surface area contributed by atoms with Crippen LogP contribution in [-0.2, 0) is 4.79 Å².